The maximum Gasteiger partial charge on any atom is 0.229 e. The Bertz CT molecular complexity index is 698. The van der Waals surface area contributed by atoms with Crippen molar-refractivity contribution < 1.29 is 4.79 Å². The van der Waals surface area contributed by atoms with Crippen molar-refractivity contribution in [3.63, 3.8) is 0 Å². The smallest absolute Gasteiger partial charge is 0.229 e. The van der Waals surface area contributed by atoms with E-state index in [-0.39, 0.29) is 5.91 Å². The Labute approximate surface area is 124 Å². The first kappa shape index (κ1) is 14.8. The predicted molar refractivity (Wildman–Crippen MR) is 83.7 cm³/mol. The molecule has 2 aromatic rings. The number of pyridine rings is 1. The third-order valence-corrected chi connectivity index (χ3v) is 2.81. The van der Waals surface area contributed by atoms with Crippen LogP contribution in [0.3, 0.4) is 0 Å². The molecule has 0 radical (unpaired) electrons. The van der Waals surface area contributed by atoms with Gasteiger partial charge in [0.25, 0.3) is 0 Å². The van der Waals surface area contributed by atoms with Crippen LogP contribution in [0.4, 0.5) is 5.82 Å². The van der Waals surface area contributed by atoms with Gasteiger partial charge in [0.2, 0.25) is 5.91 Å². The molecule has 0 fully saturated rings. The Morgan fingerprint density at radius 3 is 2.95 bits per heavy atom. The van der Waals surface area contributed by atoms with E-state index in [0.717, 1.165) is 16.7 Å². The third-order valence-electron chi connectivity index (χ3n) is 2.81. The molecule has 0 aliphatic carbocycles. The number of hydrogen-bond donors (Lipinski definition) is 2. The van der Waals surface area contributed by atoms with Gasteiger partial charge >= 0.3 is 0 Å². The number of aryl methyl sites for hydroxylation is 1. The van der Waals surface area contributed by atoms with Crippen molar-refractivity contribution in [1.82, 2.24) is 4.98 Å². The van der Waals surface area contributed by atoms with Gasteiger partial charge in [0.15, 0.2) is 0 Å². The fourth-order valence-electron chi connectivity index (χ4n) is 1.92. The second-order valence-electron chi connectivity index (χ2n) is 4.65. The van der Waals surface area contributed by atoms with Crippen molar-refractivity contribution in [2.45, 2.75) is 13.3 Å². The average molecular weight is 279 g/mol. The van der Waals surface area contributed by atoms with E-state index in [2.05, 4.69) is 22.1 Å². The van der Waals surface area contributed by atoms with Crippen molar-refractivity contribution in [2.75, 3.05) is 11.9 Å². The largest absolute Gasteiger partial charge is 0.320 e. The summed E-state index contributed by atoms with van der Waals surface area (Å²) >= 11 is 0. The molecule has 1 aromatic carbocycles. The van der Waals surface area contributed by atoms with Crippen LogP contribution in [0.2, 0.25) is 0 Å². The minimum absolute atomic E-state index is 0.1000. The van der Waals surface area contributed by atoms with Crippen molar-refractivity contribution in [3.8, 4) is 11.8 Å². The molecule has 1 heterocycles. The van der Waals surface area contributed by atoms with Crippen LogP contribution in [-0.4, -0.2) is 17.4 Å². The van der Waals surface area contributed by atoms with Gasteiger partial charge in [-0.1, -0.05) is 41.7 Å². The topological polar surface area (TPSA) is 68.0 Å². The number of carbonyl (C=O) groups is 1. The molecule has 2 rings (SSSR count). The van der Waals surface area contributed by atoms with Gasteiger partial charge in [-0.25, -0.2) is 4.98 Å². The summed E-state index contributed by atoms with van der Waals surface area (Å²) < 4.78 is 0. The maximum absolute atomic E-state index is 12.0. The predicted octanol–water partition coefficient (Wildman–Crippen LogP) is 1.88. The number of nitrogens with one attached hydrogen (secondary N) is 1. The lowest BCUT2D eigenvalue weighted by atomic mass is 10.1. The molecule has 1 amide bonds. The molecule has 3 N–H and O–H groups in total. The van der Waals surface area contributed by atoms with Crippen LogP contribution in [0.5, 0.6) is 0 Å². The van der Waals surface area contributed by atoms with Crippen molar-refractivity contribution in [3.05, 3.63) is 59.3 Å². The van der Waals surface area contributed by atoms with Gasteiger partial charge < -0.3 is 11.1 Å². The molecule has 0 bridgehead atoms. The Morgan fingerprint density at radius 2 is 2.19 bits per heavy atom. The summed E-state index contributed by atoms with van der Waals surface area (Å²) in [5.74, 6) is 6.07. The highest BCUT2D eigenvalue weighted by molar-refractivity contribution is 5.91. The molecular weight excluding hydrogens is 262 g/mol. The summed E-state index contributed by atoms with van der Waals surface area (Å²) in [7, 11) is 0. The summed E-state index contributed by atoms with van der Waals surface area (Å²) in [5.41, 5.74) is 8.23. The normalized spacial score (nSPS) is 9.62. The van der Waals surface area contributed by atoms with Crippen LogP contribution in [0.15, 0.2) is 42.6 Å². The molecule has 4 nitrogen and oxygen atoms in total. The molecule has 0 aliphatic rings. The standard InChI is InChI=1S/C17H17N3O/c1-13-4-2-5-15(10-13)12-17(21)20-16-11-14(6-3-8-18)7-9-19-16/h2,4-5,7,9-11H,8,12,18H2,1H3,(H,19,20,21). The van der Waals surface area contributed by atoms with E-state index in [1.54, 1.807) is 18.3 Å². The number of benzene rings is 1. The zero-order chi connectivity index (χ0) is 15.1. The molecule has 0 spiro atoms. The van der Waals surface area contributed by atoms with Gasteiger partial charge in [-0.15, -0.1) is 0 Å². The first-order valence-electron chi connectivity index (χ1n) is 6.68. The fraction of sp³-hybridized carbons (Fsp3) is 0.176. The van der Waals surface area contributed by atoms with E-state index in [9.17, 15) is 4.79 Å². The SMILES string of the molecule is Cc1cccc(CC(=O)Nc2cc(C#CCN)ccn2)c1. The Kier molecular flexibility index (Phi) is 5.08. The molecule has 0 unspecified atom stereocenters. The number of nitrogens with zero attached hydrogens (tertiary/aromatic N) is 1. The highest BCUT2D eigenvalue weighted by Gasteiger charge is 2.05. The molecule has 21 heavy (non-hydrogen) atoms. The summed E-state index contributed by atoms with van der Waals surface area (Å²) in [6.45, 7) is 2.31. The van der Waals surface area contributed by atoms with E-state index in [4.69, 9.17) is 5.73 Å². The van der Waals surface area contributed by atoms with Crippen LogP contribution >= 0.6 is 0 Å². The van der Waals surface area contributed by atoms with Gasteiger partial charge in [-0.2, -0.15) is 0 Å². The van der Waals surface area contributed by atoms with E-state index >= 15 is 0 Å². The molecule has 4 heteroatoms. The monoisotopic (exact) mass is 279 g/mol. The van der Waals surface area contributed by atoms with Gasteiger partial charge in [-0.3, -0.25) is 4.79 Å². The van der Waals surface area contributed by atoms with Crippen molar-refractivity contribution in [2.24, 2.45) is 5.73 Å². The van der Waals surface area contributed by atoms with Gasteiger partial charge in [0.1, 0.15) is 5.82 Å². The number of carbonyl (C=O) groups excluding carboxylic acids is 1. The summed E-state index contributed by atoms with van der Waals surface area (Å²) in [6.07, 6.45) is 1.94. The van der Waals surface area contributed by atoms with Crippen LogP contribution in [0, 0.1) is 18.8 Å². The molecule has 0 saturated heterocycles. The lowest BCUT2D eigenvalue weighted by Crippen LogP contribution is -2.15. The van der Waals surface area contributed by atoms with Crippen LogP contribution in [0.1, 0.15) is 16.7 Å². The zero-order valence-electron chi connectivity index (χ0n) is 11.9. The first-order valence-corrected chi connectivity index (χ1v) is 6.68. The summed E-state index contributed by atoms with van der Waals surface area (Å²) in [5, 5.41) is 2.78. The number of anilines is 1. The van der Waals surface area contributed by atoms with Crippen molar-refractivity contribution in [1.29, 1.82) is 0 Å². The van der Waals surface area contributed by atoms with E-state index in [1.165, 1.54) is 0 Å². The van der Waals surface area contributed by atoms with Crippen LogP contribution in [-0.2, 0) is 11.2 Å². The molecule has 0 aliphatic heterocycles. The fourth-order valence-corrected chi connectivity index (χ4v) is 1.92. The number of rotatable bonds is 3. The quantitative estimate of drug-likeness (QED) is 0.843. The molecule has 1 aromatic heterocycles. The van der Waals surface area contributed by atoms with Crippen molar-refractivity contribution >= 4 is 11.7 Å². The molecular formula is C17H17N3O. The lowest BCUT2D eigenvalue weighted by Gasteiger charge is -2.05. The third kappa shape index (κ3) is 4.75. The Balaban J connectivity index is 2.02. The number of hydrogen-bond acceptors (Lipinski definition) is 3. The Hall–Kier alpha value is -2.64. The molecule has 0 saturated carbocycles. The lowest BCUT2D eigenvalue weighted by molar-refractivity contribution is -0.115. The zero-order valence-corrected chi connectivity index (χ0v) is 11.9. The minimum Gasteiger partial charge on any atom is -0.320 e. The summed E-state index contributed by atoms with van der Waals surface area (Å²) in [4.78, 5) is 16.1. The first-order chi connectivity index (χ1) is 10.2. The highest BCUT2D eigenvalue weighted by atomic mass is 16.1. The van der Waals surface area contributed by atoms with E-state index in [1.807, 2.05) is 31.2 Å². The summed E-state index contributed by atoms with van der Waals surface area (Å²) in [6, 6.07) is 11.4. The minimum atomic E-state index is -0.1000. The second kappa shape index (κ2) is 7.22. The highest BCUT2D eigenvalue weighted by Crippen LogP contribution is 2.08. The average Bonchev–Trinajstić information content (AvgIpc) is 2.45. The number of amides is 1. The Morgan fingerprint density at radius 1 is 1.33 bits per heavy atom. The number of nitrogens with two attached hydrogens (primary N) is 1. The second-order valence-corrected chi connectivity index (χ2v) is 4.65. The van der Waals surface area contributed by atoms with E-state index < -0.39 is 0 Å². The van der Waals surface area contributed by atoms with Gasteiger partial charge in [-0.05, 0) is 24.6 Å². The van der Waals surface area contributed by atoms with Crippen LogP contribution < -0.4 is 11.1 Å². The molecule has 0 atom stereocenters. The van der Waals surface area contributed by atoms with Crippen LogP contribution in [0.25, 0.3) is 0 Å². The van der Waals surface area contributed by atoms with Gasteiger partial charge in [0.05, 0.1) is 13.0 Å². The van der Waals surface area contributed by atoms with E-state index in [0.29, 0.717) is 18.8 Å². The van der Waals surface area contributed by atoms with Gasteiger partial charge in [0, 0.05) is 11.8 Å². The number of aromatic nitrogens is 1. The molecule has 106 valence electrons. The maximum atomic E-state index is 12.0.